The maximum Gasteiger partial charge on any atom is 0.227 e. The lowest BCUT2D eigenvalue weighted by atomic mass is 10.1. The molecule has 1 saturated heterocycles. The van der Waals surface area contributed by atoms with Gasteiger partial charge in [0.25, 0.3) is 0 Å². The summed E-state index contributed by atoms with van der Waals surface area (Å²) in [6.45, 7) is 0.881. The van der Waals surface area contributed by atoms with Crippen LogP contribution in [0.3, 0.4) is 0 Å². The van der Waals surface area contributed by atoms with Crippen molar-refractivity contribution in [3.63, 3.8) is 0 Å². The van der Waals surface area contributed by atoms with Crippen molar-refractivity contribution >= 4 is 39.1 Å². The standard InChI is InChI=1S/C11H10BrClN4O/c12-8-1-2-10(9(13)4-8)17-6-7(3-11(17)18)5-15-16-14/h1-2,4,7H,3,5-6H2. The van der Waals surface area contributed by atoms with Crippen molar-refractivity contribution in [3.05, 3.63) is 38.1 Å². The number of hydrogen-bond acceptors (Lipinski definition) is 2. The summed E-state index contributed by atoms with van der Waals surface area (Å²) in [4.78, 5) is 16.3. The van der Waals surface area contributed by atoms with Gasteiger partial charge >= 0.3 is 0 Å². The Morgan fingerprint density at radius 3 is 3.06 bits per heavy atom. The third-order valence-corrected chi connectivity index (χ3v) is 3.60. The molecule has 1 heterocycles. The van der Waals surface area contributed by atoms with Gasteiger partial charge in [-0.15, -0.1) is 0 Å². The van der Waals surface area contributed by atoms with E-state index in [0.717, 1.165) is 4.47 Å². The maximum atomic E-state index is 11.9. The Morgan fingerprint density at radius 1 is 1.61 bits per heavy atom. The largest absolute Gasteiger partial charge is 0.311 e. The van der Waals surface area contributed by atoms with Crippen molar-refractivity contribution in [2.75, 3.05) is 18.0 Å². The molecule has 1 atom stereocenters. The van der Waals surface area contributed by atoms with Crippen LogP contribution in [0, 0.1) is 5.92 Å². The predicted molar refractivity (Wildman–Crippen MR) is 73.6 cm³/mol. The van der Waals surface area contributed by atoms with Gasteiger partial charge in [-0.3, -0.25) is 4.79 Å². The normalized spacial score (nSPS) is 18.9. The van der Waals surface area contributed by atoms with Crippen molar-refractivity contribution in [3.8, 4) is 0 Å². The lowest BCUT2D eigenvalue weighted by Crippen LogP contribution is -2.25. The van der Waals surface area contributed by atoms with E-state index in [0.29, 0.717) is 30.2 Å². The molecule has 1 unspecified atom stereocenters. The summed E-state index contributed by atoms with van der Waals surface area (Å²) >= 11 is 9.44. The molecule has 0 saturated carbocycles. The highest BCUT2D eigenvalue weighted by Gasteiger charge is 2.31. The molecule has 5 nitrogen and oxygen atoms in total. The lowest BCUT2D eigenvalue weighted by Gasteiger charge is -2.18. The fraction of sp³-hybridized carbons (Fsp3) is 0.364. The first kappa shape index (κ1) is 13.2. The summed E-state index contributed by atoms with van der Waals surface area (Å²) in [7, 11) is 0. The zero-order chi connectivity index (χ0) is 13.1. The minimum Gasteiger partial charge on any atom is -0.311 e. The molecule has 1 aromatic rings. The Labute approximate surface area is 117 Å². The topological polar surface area (TPSA) is 69.1 Å². The van der Waals surface area contributed by atoms with Gasteiger partial charge in [-0.1, -0.05) is 32.6 Å². The molecule has 1 aliphatic rings. The number of carbonyl (C=O) groups excluding carboxylic acids is 1. The van der Waals surface area contributed by atoms with Gasteiger partial charge in [0.05, 0.1) is 10.7 Å². The summed E-state index contributed by atoms with van der Waals surface area (Å²) in [5.41, 5.74) is 8.99. The quantitative estimate of drug-likeness (QED) is 0.473. The first-order valence-electron chi connectivity index (χ1n) is 5.38. The molecule has 0 radical (unpaired) electrons. The van der Waals surface area contributed by atoms with Crippen LogP contribution in [0.15, 0.2) is 27.8 Å². The number of rotatable bonds is 3. The zero-order valence-corrected chi connectivity index (χ0v) is 11.7. The summed E-state index contributed by atoms with van der Waals surface area (Å²) in [5, 5.41) is 4.04. The first-order valence-corrected chi connectivity index (χ1v) is 6.55. The van der Waals surface area contributed by atoms with E-state index in [1.54, 1.807) is 17.0 Å². The molecule has 0 aromatic heterocycles. The molecule has 1 amide bonds. The number of hydrogen-bond donors (Lipinski definition) is 0. The summed E-state index contributed by atoms with van der Waals surface area (Å²) in [5.74, 6) is 0.0745. The van der Waals surface area contributed by atoms with Crippen molar-refractivity contribution in [2.45, 2.75) is 6.42 Å². The summed E-state index contributed by atoms with van der Waals surface area (Å²) < 4.78 is 0.869. The Kier molecular flexibility index (Phi) is 4.11. The zero-order valence-electron chi connectivity index (χ0n) is 9.38. The van der Waals surface area contributed by atoms with Crippen LogP contribution in [0.2, 0.25) is 5.02 Å². The number of benzene rings is 1. The van der Waals surface area contributed by atoms with Crippen LogP contribution in [0.5, 0.6) is 0 Å². The number of halogens is 2. The Bertz CT molecular complexity index is 530. The van der Waals surface area contributed by atoms with Crippen LogP contribution in [-0.4, -0.2) is 19.0 Å². The molecule has 7 heteroatoms. The number of anilines is 1. The summed E-state index contributed by atoms with van der Waals surface area (Å²) in [6.07, 6.45) is 0.394. The van der Waals surface area contributed by atoms with Crippen LogP contribution in [0.1, 0.15) is 6.42 Å². The molecule has 94 valence electrons. The monoisotopic (exact) mass is 328 g/mol. The molecule has 18 heavy (non-hydrogen) atoms. The summed E-state index contributed by atoms with van der Waals surface area (Å²) in [6, 6.07) is 5.40. The Morgan fingerprint density at radius 2 is 2.39 bits per heavy atom. The third-order valence-electron chi connectivity index (χ3n) is 2.81. The smallest absolute Gasteiger partial charge is 0.227 e. The SMILES string of the molecule is [N-]=[N+]=NCC1CC(=O)N(c2ccc(Br)cc2Cl)C1. The van der Waals surface area contributed by atoms with Crippen molar-refractivity contribution < 1.29 is 4.79 Å². The van der Waals surface area contributed by atoms with Crippen molar-refractivity contribution in [2.24, 2.45) is 11.0 Å². The van der Waals surface area contributed by atoms with Gasteiger partial charge in [0.2, 0.25) is 5.91 Å². The third kappa shape index (κ3) is 2.77. The molecule has 0 spiro atoms. The van der Waals surface area contributed by atoms with E-state index in [1.165, 1.54) is 0 Å². The second-order valence-electron chi connectivity index (χ2n) is 4.08. The van der Waals surface area contributed by atoms with E-state index in [-0.39, 0.29) is 11.8 Å². The number of amides is 1. The second-order valence-corrected chi connectivity index (χ2v) is 5.41. The van der Waals surface area contributed by atoms with Crippen molar-refractivity contribution in [1.82, 2.24) is 0 Å². The molecule has 0 N–H and O–H groups in total. The van der Waals surface area contributed by atoms with Gasteiger partial charge in [0.15, 0.2) is 0 Å². The molecule has 0 bridgehead atoms. The van der Waals surface area contributed by atoms with E-state index in [4.69, 9.17) is 17.1 Å². The average Bonchev–Trinajstić information content (AvgIpc) is 2.68. The highest BCUT2D eigenvalue weighted by Crippen LogP contribution is 2.33. The highest BCUT2D eigenvalue weighted by molar-refractivity contribution is 9.10. The van der Waals surface area contributed by atoms with Crippen LogP contribution in [0.25, 0.3) is 10.4 Å². The lowest BCUT2D eigenvalue weighted by molar-refractivity contribution is -0.117. The molecule has 2 rings (SSSR count). The minimum absolute atomic E-state index is 0.0114. The fourth-order valence-electron chi connectivity index (χ4n) is 1.99. The highest BCUT2D eigenvalue weighted by atomic mass is 79.9. The number of carbonyl (C=O) groups is 1. The molecule has 0 aliphatic carbocycles. The van der Waals surface area contributed by atoms with Crippen LogP contribution < -0.4 is 4.90 Å². The molecular weight excluding hydrogens is 320 g/mol. The molecule has 1 aliphatic heterocycles. The van der Waals surface area contributed by atoms with E-state index in [9.17, 15) is 4.79 Å². The molecule has 1 aromatic carbocycles. The van der Waals surface area contributed by atoms with Crippen LogP contribution in [0.4, 0.5) is 5.69 Å². The van der Waals surface area contributed by atoms with E-state index >= 15 is 0 Å². The van der Waals surface area contributed by atoms with E-state index in [2.05, 4.69) is 26.0 Å². The Hall–Kier alpha value is -1.23. The van der Waals surface area contributed by atoms with Gasteiger partial charge in [-0.2, -0.15) is 0 Å². The van der Waals surface area contributed by atoms with E-state index in [1.807, 2.05) is 6.07 Å². The van der Waals surface area contributed by atoms with Gasteiger partial charge < -0.3 is 4.90 Å². The van der Waals surface area contributed by atoms with Gasteiger partial charge in [-0.05, 0) is 29.6 Å². The molecule has 1 fully saturated rings. The van der Waals surface area contributed by atoms with Gasteiger partial charge in [0.1, 0.15) is 0 Å². The fourth-order valence-corrected chi connectivity index (χ4v) is 2.76. The van der Waals surface area contributed by atoms with Crippen molar-refractivity contribution in [1.29, 1.82) is 0 Å². The number of azide groups is 1. The Balaban J connectivity index is 2.18. The first-order chi connectivity index (χ1) is 8.61. The second kappa shape index (κ2) is 5.61. The van der Waals surface area contributed by atoms with Crippen LogP contribution in [-0.2, 0) is 4.79 Å². The predicted octanol–water partition coefficient (Wildman–Crippen LogP) is 3.77. The van der Waals surface area contributed by atoms with Gasteiger partial charge in [0, 0.05) is 28.9 Å². The number of nitrogens with zero attached hydrogens (tertiary/aromatic N) is 4. The van der Waals surface area contributed by atoms with Crippen LogP contribution >= 0.6 is 27.5 Å². The van der Waals surface area contributed by atoms with E-state index < -0.39 is 0 Å². The minimum atomic E-state index is 0.0114. The maximum absolute atomic E-state index is 11.9. The average molecular weight is 330 g/mol. The van der Waals surface area contributed by atoms with Gasteiger partial charge in [-0.25, -0.2) is 0 Å². The molecular formula is C11H10BrClN4O.